The quantitative estimate of drug-likeness (QED) is 0.682. The molecule has 2 aromatic carbocycles. The Hall–Kier alpha value is -2.27. The molecular formula is C20H19FN2OS. The van der Waals surface area contributed by atoms with Crippen LogP contribution in [0.15, 0.2) is 54.6 Å². The van der Waals surface area contributed by atoms with Crippen LogP contribution in [0.3, 0.4) is 0 Å². The smallest absolute Gasteiger partial charge is 0.261 e. The normalized spacial score (nSPS) is 16.9. The molecule has 1 atom stereocenters. The van der Waals surface area contributed by atoms with Crippen LogP contribution in [0.4, 0.5) is 4.39 Å². The molecule has 5 heteroatoms. The van der Waals surface area contributed by atoms with Gasteiger partial charge in [-0.3, -0.25) is 4.79 Å². The molecule has 0 N–H and O–H groups in total. The predicted molar refractivity (Wildman–Crippen MR) is 98.5 cm³/mol. The zero-order valence-electron chi connectivity index (χ0n) is 13.8. The number of fused-ring (bicyclic) bond motifs is 1. The molecule has 3 aromatic rings. The number of benzene rings is 2. The van der Waals surface area contributed by atoms with Crippen molar-refractivity contribution in [2.24, 2.45) is 0 Å². The molecule has 2 heterocycles. The van der Waals surface area contributed by atoms with Gasteiger partial charge >= 0.3 is 0 Å². The van der Waals surface area contributed by atoms with Crippen molar-refractivity contribution in [2.45, 2.75) is 24.9 Å². The molecule has 1 aliphatic heterocycles. The zero-order valence-corrected chi connectivity index (χ0v) is 14.6. The molecule has 0 bridgehead atoms. The molecule has 1 fully saturated rings. The summed E-state index contributed by atoms with van der Waals surface area (Å²) in [6.07, 6.45) is 0.111. The summed E-state index contributed by atoms with van der Waals surface area (Å²) < 4.78 is 15.7. The number of alkyl halides is 1. The van der Waals surface area contributed by atoms with Crippen LogP contribution in [0.25, 0.3) is 10.2 Å². The van der Waals surface area contributed by atoms with Gasteiger partial charge in [0.2, 0.25) is 6.17 Å². The van der Waals surface area contributed by atoms with Crippen LogP contribution in [0, 0.1) is 0 Å². The summed E-state index contributed by atoms with van der Waals surface area (Å²) in [6.45, 7) is 1.18. The molecule has 0 saturated carbocycles. The maximum Gasteiger partial charge on any atom is 0.261 e. The molecule has 0 aliphatic carbocycles. The number of rotatable bonds is 3. The van der Waals surface area contributed by atoms with Gasteiger partial charge in [-0.25, -0.2) is 9.37 Å². The summed E-state index contributed by atoms with van der Waals surface area (Å²) in [5, 5.41) is 1.13. The van der Waals surface area contributed by atoms with E-state index < -0.39 is 12.1 Å². The van der Waals surface area contributed by atoms with Crippen LogP contribution in [0.1, 0.15) is 35.5 Å². The number of carbonyl (C=O) groups is 1. The van der Waals surface area contributed by atoms with E-state index in [0.717, 1.165) is 23.4 Å². The summed E-state index contributed by atoms with van der Waals surface area (Å²) in [6, 6.07) is 16.8. The Morgan fingerprint density at radius 2 is 1.76 bits per heavy atom. The first-order valence-electron chi connectivity index (χ1n) is 8.55. The third kappa shape index (κ3) is 3.29. The third-order valence-corrected chi connectivity index (χ3v) is 5.97. The number of para-hydroxylation sites is 1. The lowest BCUT2D eigenvalue weighted by molar-refractivity contribution is -0.137. The predicted octanol–water partition coefficient (Wildman–Crippen LogP) is 4.71. The Morgan fingerprint density at radius 3 is 2.48 bits per heavy atom. The molecular weight excluding hydrogens is 335 g/mol. The average molecular weight is 354 g/mol. The van der Waals surface area contributed by atoms with Crippen LogP contribution < -0.4 is 0 Å². The van der Waals surface area contributed by atoms with E-state index in [9.17, 15) is 9.18 Å². The van der Waals surface area contributed by atoms with Crippen molar-refractivity contribution in [3.8, 4) is 0 Å². The molecule has 128 valence electrons. The largest absolute Gasteiger partial charge is 0.340 e. The fourth-order valence-electron chi connectivity index (χ4n) is 3.34. The molecule has 4 rings (SSSR count). The van der Waals surface area contributed by atoms with Crippen molar-refractivity contribution in [3.63, 3.8) is 0 Å². The van der Waals surface area contributed by atoms with Crippen LogP contribution in [0.2, 0.25) is 0 Å². The Kier molecular flexibility index (Phi) is 4.49. The summed E-state index contributed by atoms with van der Waals surface area (Å²) in [4.78, 5) is 18.8. The van der Waals surface area contributed by atoms with Gasteiger partial charge in [-0.2, -0.15) is 0 Å². The number of aromatic nitrogens is 1. The highest BCUT2D eigenvalue weighted by atomic mass is 32.1. The molecule has 1 saturated heterocycles. The minimum Gasteiger partial charge on any atom is -0.340 e. The lowest BCUT2D eigenvalue weighted by Gasteiger charge is -2.32. The van der Waals surface area contributed by atoms with Gasteiger partial charge in [-0.1, -0.05) is 42.5 Å². The third-order valence-electron chi connectivity index (χ3n) is 4.78. The highest BCUT2D eigenvalue weighted by Gasteiger charge is 2.30. The Bertz CT molecular complexity index is 839. The first-order valence-corrected chi connectivity index (χ1v) is 9.37. The van der Waals surface area contributed by atoms with Gasteiger partial charge in [-0.15, -0.1) is 11.3 Å². The maximum atomic E-state index is 14.5. The number of halogens is 1. The summed E-state index contributed by atoms with van der Waals surface area (Å²) in [5.41, 5.74) is 1.47. The number of amides is 1. The molecule has 1 amide bonds. The molecule has 1 aromatic heterocycles. The minimum atomic E-state index is -1.57. The van der Waals surface area contributed by atoms with Gasteiger partial charge in [0.1, 0.15) is 0 Å². The number of piperidine rings is 1. The van der Waals surface area contributed by atoms with Gasteiger partial charge in [0.15, 0.2) is 0 Å². The molecule has 1 unspecified atom stereocenters. The maximum absolute atomic E-state index is 14.5. The summed E-state index contributed by atoms with van der Waals surface area (Å²) in [5.74, 6) is -0.0646. The van der Waals surface area contributed by atoms with E-state index in [1.54, 1.807) is 40.5 Å². The first kappa shape index (κ1) is 16.2. The Morgan fingerprint density at radius 1 is 1.08 bits per heavy atom. The lowest BCUT2D eigenvalue weighted by Crippen LogP contribution is -2.39. The molecule has 1 aliphatic rings. The van der Waals surface area contributed by atoms with Gasteiger partial charge in [0, 0.05) is 19.0 Å². The van der Waals surface area contributed by atoms with Gasteiger partial charge in [0.05, 0.1) is 15.2 Å². The minimum absolute atomic E-state index is 0.358. The first-order chi connectivity index (χ1) is 12.2. The van der Waals surface area contributed by atoms with Gasteiger partial charge in [-0.05, 0) is 30.5 Å². The van der Waals surface area contributed by atoms with Gasteiger partial charge < -0.3 is 4.90 Å². The molecule has 0 radical (unpaired) electrons. The SMILES string of the molecule is O=C(C(F)c1ccccc1)N1CCC(c2nc3ccccc3s2)CC1. The monoisotopic (exact) mass is 354 g/mol. The van der Waals surface area contributed by atoms with E-state index >= 15 is 0 Å². The second-order valence-corrected chi connectivity index (χ2v) is 7.45. The number of likely N-dealkylation sites (tertiary alicyclic amines) is 1. The molecule has 0 spiro atoms. The zero-order chi connectivity index (χ0) is 17.2. The number of nitrogens with zero attached hydrogens (tertiary/aromatic N) is 2. The van der Waals surface area contributed by atoms with E-state index in [-0.39, 0.29) is 0 Å². The van der Waals surface area contributed by atoms with E-state index in [1.807, 2.05) is 24.3 Å². The second-order valence-electron chi connectivity index (χ2n) is 6.39. The van der Waals surface area contributed by atoms with Crippen molar-refractivity contribution < 1.29 is 9.18 Å². The average Bonchev–Trinajstić information content (AvgIpc) is 3.12. The second kappa shape index (κ2) is 6.92. The fourth-order valence-corrected chi connectivity index (χ4v) is 4.47. The van der Waals surface area contributed by atoms with E-state index in [0.29, 0.717) is 24.6 Å². The van der Waals surface area contributed by atoms with Crippen molar-refractivity contribution in [3.05, 3.63) is 65.2 Å². The van der Waals surface area contributed by atoms with E-state index in [1.165, 1.54) is 4.70 Å². The van der Waals surface area contributed by atoms with Crippen molar-refractivity contribution in [2.75, 3.05) is 13.1 Å². The highest BCUT2D eigenvalue weighted by molar-refractivity contribution is 7.18. The van der Waals surface area contributed by atoms with Crippen LogP contribution >= 0.6 is 11.3 Å². The standard InChI is InChI=1S/C20H19FN2OS/c21-18(14-6-2-1-3-7-14)20(24)23-12-10-15(11-13-23)19-22-16-8-4-5-9-17(16)25-19/h1-9,15,18H,10-13H2. The van der Waals surface area contributed by atoms with Crippen molar-refractivity contribution in [1.82, 2.24) is 9.88 Å². The topological polar surface area (TPSA) is 33.2 Å². The number of hydrogen-bond donors (Lipinski definition) is 0. The Labute approximate surface area is 150 Å². The molecule has 25 heavy (non-hydrogen) atoms. The van der Waals surface area contributed by atoms with E-state index in [4.69, 9.17) is 4.98 Å². The number of hydrogen-bond acceptors (Lipinski definition) is 3. The Balaban J connectivity index is 1.41. The number of carbonyl (C=O) groups excluding carboxylic acids is 1. The van der Waals surface area contributed by atoms with Crippen LogP contribution in [-0.4, -0.2) is 28.9 Å². The number of thiazole rings is 1. The highest BCUT2D eigenvalue weighted by Crippen LogP contribution is 2.34. The lowest BCUT2D eigenvalue weighted by atomic mass is 9.97. The summed E-state index contributed by atoms with van der Waals surface area (Å²) >= 11 is 1.73. The van der Waals surface area contributed by atoms with Crippen LogP contribution in [0.5, 0.6) is 0 Å². The van der Waals surface area contributed by atoms with E-state index in [2.05, 4.69) is 6.07 Å². The van der Waals surface area contributed by atoms with Crippen molar-refractivity contribution in [1.29, 1.82) is 0 Å². The van der Waals surface area contributed by atoms with Crippen LogP contribution in [-0.2, 0) is 4.79 Å². The van der Waals surface area contributed by atoms with Crippen molar-refractivity contribution >= 4 is 27.5 Å². The van der Waals surface area contributed by atoms with Gasteiger partial charge in [0.25, 0.3) is 5.91 Å². The summed E-state index contributed by atoms with van der Waals surface area (Å²) in [7, 11) is 0. The fraction of sp³-hybridized carbons (Fsp3) is 0.300. The molecule has 3 nitrogen and oxygen atoms in total.